The minimum atomic E-state index is -1.35. The van der Waals surface area contributed by atoms with Crippen LogP contribution >= 0.6 is 23.2 Å². The van der Waals surface area contributed by atoms with Crippen molar-refractivity contribution in [1.29, 1.82) is 0 Å². The number of aromatic nitrogens is 3. The zero-order valence-electron chi connectivity index (χ0n) is 19.8. The molecule has 1 aliphatic heterocycles. The third kappa shape index (κ3) is 4.42. The van der Waals surface area contributed by atoms with Gasteiger partial charge in [0.15, 0.2) is 22.9 Å². The second-order valence-corrected chi connectivity index (χ2v) is 9.37. The fourth-order valence-corrected chi connectivity index (χ4v) is 4.96. The number of benzene rings is 2. The number of halogens is 2. The molecule has 2 aromatic heterocycles. The van der Waals surface area contributed by atoms with E-state index in [1.54, 1.807) is 30.3 Å². The summed E-state index contributed by atoms with van der Waals surface area (Å²) in [6.07, 6.45) is -0.618. The molecule has 10 heteroatoms. The van der Waals surface area contributed by atoms with Gasteiger partial charge in [0, 0.05) is 17.7 Å². The number of ether oxygens (including phenoxy) is 3. The number of hydrogen-bond donors (Lipinski definition) is 1. The van der Waals surface area contributed by atoms with Gasteiger partial charge in [0.05, 0.1) is 16.6 Å². The third-order valence-electron chi connectivity index (χ3n) is 5.98. The highest BCUT2D eigenvalue weighted by atomic mass is 35.5. The molecule has 186 valence electrons. The van der Waals surface area contributed by atoms with Gasteiger partial charge >= 0.3 is 5.97 Å². The van der Waals surface area contributed by atoms with E-state index in [4.69, 9.17) is 47.4 Å². The number of aliphatic carboxylic acids is 1. The first-order valence-corrected chi connectivity index (χ1v) is 12.1. The molecule has 3 heterocycles. The number of hydrogen-bond acceptors (Lipinski definition) is 6. The molecular weight excluding hydrogens is 505 g/mol. The van der Waals surface area contributed by atoms with Crippen LogP contribution in [0.25, 0.3) is 11.2 Å². The van der Waals surface area contributed by atoms with Gasteiger partial charge in [-0.25, -0.2) is 14.8 Å². The summed E-state index contributed by atoms with van der Waals surface area (Å²) in [5.74, 6) is 0.782. The van der Waals surface area contributed by atoms with Gasteiger partial charge in [-0.15, -0.1) is 0 Å². The minimum Gasteiger partial charge on any atom is -0.478 e. The van der Waals surface area contributed by atoms with Crippen molar-refractivity contribution in [3.05, 3.63) is 74.7 Å². The topological polar surface area (TPSA) is 95.7 Å². The van der Waals surface area contributed by atoms with Gasteiger partial charge in [-0.05, 0) is 55.3 Å². The molecule has 0 amide bonds. The lowest BCUT2D eigenvalue weighted by molar-refractivity contribution is -0.145. The van der Waals surface area contributed by atoms with Crippen LogP contribution in [0.1, 0.15) is 41.2 Å². The Morgan fingerprint density at radius 3 is 2.53 bits per heavy atom. The molecule has 4 aromatic rings. The Morgan fingerprint density at radius 1 is 1.11 bits per heavy atom. The molecule has 2 aromatic carbocycles. The molecule has 1 unspecified atom stereocenters. The van der Waals surface area contributed by atoms with Gasteiger partial charge in [0.25, 0.3) is 0 Å². The Labute approximate surface area is 217 Å². The van der Waals surface area contributed by atoms with E-state index in [-0.39, 0.29) is 22.6 Å². The summed E-state index contributed by atoms with van der Waals surface area (Å²) in [7, 11) is 0. The fourth-order valence-electron chi connectivity index (χ4n) is 4.34. The number of rotatable bonds is 7. The second kappa shape index (κ2) is 9.52. The smallest absolute Gasteiger partial charge is 0.349 e. The Kier molecular flexibility index (Phi) is 6.40. The zero-order valence-corrected chi connectivity index (χ0v) is 21.4. The number of nitrogens with zero attached hydrogens (tertiary/aromatic N) is 3. The van der Waals surface area contributed by atoms with E-state index in [2.05, 4.69) is 0 Å². The highest BCUT2D eigenvalue weighted by molar-refractivity contribution is 6.37. The molecule has 1 N–H and O–H groups in total. The van der Waals surface area contributed by atoms with Gasteiger partial charge in [0.1, 0.15) is 11.3 Å². The van der Waals surface area contributed by atoms with Gasteiger partial charge in [-0.2, -0.15) is 0 Å². The van der Waals surface area contributed by atoms with Crippen LogP contribution in [0, 0.1) is 13.8 Å². The summed E-state index contributed by atoms with van der Waals surface area (Å²) in [6.45, 7) is 6.54. The van der Waals surface area contributed by atoms with Crippen LogP contribution in [0.3, 0.4) is 0 Å². The molecule has 0 bridgehead atoms. The van der Waals surface area contributed by atoms with Crippen molar-refractivity contribution in [3.63, 3.8) is 0 Å². The monoisotopic (exact) mass is 527 g/mol. The van der Waals surface area contributed by atoms with E-state index in [0.717, 1.165) is 40.2 Å². The molecule has 0 saturated heterocycles. The Balaban J connectivity index is 1.47. The Hall–Kier alpha value is -3.49. The second-order valence-electron chi connectivity index (χ2n) is 8.56. The molecular formula is C26H23Cl2N3O5. The third-order valence-corrected chi connectivity index (χ3v) is 6.54. The van der Waals surface area contributed by atoms with Crippen molar-refractivity contribution in [2.75, 3.05) is 6.79 Å². The minimum absolute atomic E-state index is 0.0805. The SMILES string of the molecule is CCc1nc2c(C)cc(C)nc2n1Cc1cc(Cl)c(OC(C(=O)O)c2ccc3c(c2)OCO3)c(Cl)c1. The number of carboxylic acids is 1. The molecule has 1 aliphatic rings. The van der Waals surface area contributed by atoms with Crippen molar-refractivity contribution in [3.8, 4) is 17.2 Å². The number of aryl methyl sites for hydroxylation is 3. The predicted octanol–water partition coefficient (Wildman–Crippen LogP) is 5.90. The van der Waals surface area contributed by atoms with Crippen LogP contribution in [-0.4, -0.2) is 32.4 Å². The average molecular weight is 528 g/mol. The molecule has 36 heavy (non-hydrogen) atoms. The quantitative estimate of drug-likeness (QED) is 0.319. The molecule has 0 saturated carbocycles. The summed E-state index contributed by atoms with van der Waals surface area (Å²) >= 11 is 13.1. The number of imidazole rings is 1. The first kappa shape index (κ1) is 24.2. The molecule has 0 fully saturated rings. The summed E-state index contributed by atoms with van der Waals surface area (Å²) in [6, 6.07) is 10.3. The average Bonchev–Trinajstić information content (AvgIpc) is 3.43. The number of fused-ring (bicyclic) bond motifs is 2. The fraction of sp³-hybridized carbons (Fsp3) is 0.269. The lowest BCUT2D eigenvalue weighted by Crippen LogP contribution is -2.18. The number of carboxylic acid groups (broad SMARTS) is 1. The highest BCUT2D eigenvalue weighted by Gasteiger charge is 2.27. The van der Waals surface area contributed by atoms with Gasteiger partial charge in [0.2, 0.25) is 12.9 Å². The van der Waals surface area contributed by atoms with Gasteiger partial charge < -0.3 is 23.9 Å². The highest BCUT2D eigenvalue weighted by Crippen LogP contribution is 2.40. The van der Waals surface area contributed by atoms with Crippen molar-refractivity contribution in [2.24, 2.45) is 0 Å². The van der Waals surface area contributed by atoms with Crippen molar-refractivity contribution in [2.45, 2.75) is 39.8 Å². The van der Waals surface area contributed by atoms with Crippen LogP contribution in [0.2, 0.25) is 10.0 Å². The van der Waals surface area contributed by atoms with Crippen molar-refractivity contribution < 1.29 is 24.1 Å². The summed E-state index contributed by atoms with van der Waals surface area (Å²) < 4.78 is 18.5. The summed E-state index contributed by atoms with van der Waals surface area (Å²) in [5.41, 5.74) is 4.81. The van der Waals surface area contributed by atoms with Gasteiger partial charge in [-0.3, -0.25) is 0 Å². The maximum absolute atomic E-state index is 12.1. The van der Waals surface area contributed by atoms with Gasteiger partial charge in [-0.1, -0.05) is 36.2 Å². The van der Waals surface area contributed by atoms with E-state index in [9.17, 15) is 9.90 Å². The summed E-state index contributed by atoms with van der Waals surface area (Å²) in [5, 5.41) is 10.2. The van der Waals surface area contributed by atoms with E-state index in [1.165, 1.54) is 0 Å². The maximum Gasteiger partial charge on any atom is 0.349 e. The van der Waals surface area contributed by atoms with E-state index >= 15 is 0 Å². The van der Waals surface area contributed by atoms with Crippen LogP contribution in [0.5, 0.6) is 17.2 Å². The molecule has 0 radical (unpaired) electrons. The normalized spacial score (nSPS) is 13.2. The first-order chi connectivity index (χ1) is 17.2. The molecule has 8 nitrogen and oxygen atoms in total. The van der Waals surface area contributed by atoms with Crippen LogP contribution in [0.4, 0.5) is 0 Å². The standard InChI is InChI=1S/C26H23Cl2N3O5/c1-4-21-30-22-13(2)7-14(3)29-25(22)31(21)11-15-8-17(27)24(18(28)9-15)36-23(26(32)33)16-5-6-19-20(10-16)35-12-34-19/h5-10,23H,4,11-12H2,1-3H3,(H,32,33). The van der Waals surface area contributed by atoms with E-state index in [1.807, 2.05) is 31.4 Å². The zero-order chi connectivity index (χ0) is 25.6. The molecule has 1 atom stereocenters. The number of carbonyl (C=O) groups is 1. The van der Waals surface area contributed by atoms with E-state index < -0.39 is 12.1 Å². The predicted molar refractivity (Wildman–Crippen MR) is 136 cm³/mol. The lowest BCUT2D eigenvalue weighted by Gasteiger charge is -2.19. The Bertz CT molecular complexity index is 1480. The van der Waals surface area contributed by atoms with E-state index in [0.29, 0.717) is 23.6 Å². The molecule has 5 rings (SSSR count). The Morgan fingerprint density at radius 2 is 1.83 bits per heavy atom. The molecule has 0 aliphatic carbocycles. The molecule has 0 spiro atoms. The maximum atomic E-state index is 12.1. The van der Waals surface area contributed by atoms with Crippen molar-refractivity contribution >= 4 is 40.3 Å². The number of pyridine rings is 1. The summed E-state index contributed by atoms with van der Waals surface area (Å²) in [4.78, 5) is 21.5. The van der Waals surface area contributed by atoms with Crippen LogP contribution in [0.15, 0.2) is 36.4 Å². The van der Waals surface area contributed by atoms with Crippen molar-refractivity contribution in [1.82, 2.24) is 14.5 Å². The first-order valence-electron chi connectivity index (χ1n) is 11.4. The largest absolute Gasteiger partial charge is 0.478 e. The van der Waals surface area contributed by atoms with Crippen LogP contribution < -0.4 is 14.2 Å². The van der Waals surface area contributed by atoms with Crippen LogP contribution in [-0.2, 0) is 17.8 Å². The lowest BCUT2D eigenvalue weighted by atomic mass is 10.1.